The Morgan fingerprint density at radius 2 is 2.04 bits per heavy atom. The number of halogens is 1. The molecule has 2 aromatic rings. The van der Waals surface area contributed by atoms with Gasteiger partial charge in [0, 0.05) is 10.7 Å². The Hall–Kier alpha value is -2.41. The number of benzene rings is 1. The lowest BCUT2D eigenvalue weighted by molar-refractivity contribution is -0.386. The zero-order chi connectivity index (χ0) is 17.3. The molecule has 1 heterocycles. The van der Waals surface area contributed by atoms with Crippen LogP contribution in [-0.2, 0) is 4.79 Å². The monoisotopic (exact) mass is 336 g/mol. The maximum atomic E-state index is 12.4. The van der Waals surface area contributed by atoms with Gasteiger partial charge in [-0.15, -0.1) is 0 Å². The van der Waals surface area contributed by atoms with Crippen LogP contribution in [0.3, 0.4) is 0 Å². The number of nitrogens with zero attached hydrogens (tertiary/aromatic N) is 3. The third-order valence-corrected chi connectivity index (χ3v) is 3.91. The van der Waals surface area contributed by atoms with Gasteiger partial charge >= 0.3 is 5.69 Å². The van der Waals surface area contributed by atoms with E-state index in [0.29, 0.717) is 16.4 Å². The van der Waals surface area contributed by atoms with E-state index in [1.54, 1.807) is 39.0 Å². The highest BCUT2D eigenvalue weighted by Crippen LogP contribution is 2.26. The molecule has 1 amide bonds. The van der Waals surface area contributed by atoms with E-state index in [9.17, 15) is 14.9 Å². The highest BCUT2D eigenvalue weighted by atomic mass is 35.5. The molecule has 1 atom stereocenters. The molecule has 0 aliphatic rings. The molecule has 0 aliphatic heterocycles. The van der Waals surface area contributed by atoms with Gasteiger partial charge in [-0.2, -0.15) is 5.10 Å². The standard InChI is InChI=1S/C15H17ClN4O3/c1-8-5-6-12(16)7-13(8)17-15(21)11(4)19-10(3)14(20(22)23)9(2)18-19/h5-7,11H,1-4H3,(H,17,21). The minimum absolute atomic E-state index is 0.0661. The van der Waals surface area contributed by atoms with Crippen LogP contribution in [0.15, 0.2) is 18.2 Å². The van der Waals surface area contributed by atoms with E-state index in [0.717, 1.165) is 5.56 Å². The average molecular weight is 337 g/mol. The van der Waals surface area contributed by atoms with Gasteiger partial charge < -0.3 is 5.32 Å². The van der Waals surface area contributed by atoms with Crippen molar-refractivity contribution in [3.63, 3.8) is 0 Å². The van der Waals surface area contributed by atoms with Crippen LogP contribution in [0.2, 0.25) is 5.02 Å². The Bertz CT molecular complexity index is 785. The summed E-state index contributed by atoms with van der Waals surface area (Å²) in [5, 5.41) is 18.5. The van der Waals surface area contributed by atoms with Crippen LogP contribution in [0, 0.1) is 30.9 Å². The first-order valence-electron chi connectivity index (χ1n) is 6.99. The molecule has 0 aliphatic carbocycles. The van der Waals surface area contributed by atoms with Gasteiger partial charge in [-0.1, -0.05) is 17.7 Å². The first-order valence-corrected chi connectivity index (χ1v) is 7.37. The van der Waals surface area contributed by atoms with Crippen LogP contribution >= 0.6 is 11.6 Å². The fourth-order valence-corrected chi connectivity index (χ4v) is 2.54. The first-order chi connectivity index (χ1) is 10.7. The Kier molecular flexibility index (Phi) is 4.70. The number of hydrogen-bond donors (Lipinski definition) is 1. The fraction of sp³-hybridized carbons (Fsp3) is 0.333. The average Bonchev–Trinajstić information content (AvgIpc) is 2.77. The van der Waals surface area contributed by atoms with Gasteiger partial charge in [0.15, 0.2) is 0 Å². The Labute approximate surface area is 138 Å². The summed E-state index contributed by atoms with van der Waals surface area (Å²) in [5.74, 6) is -0.323. The van der Waals surface area contributed by atoms with E-state index in [4.69, 9.17) is 11.6 Å². The van der Waals surface area contributed by atoms with Crippen molar-refractivity contribution < 1.29 is 9.72 Å². The van der Waals surface area contributed by atoms with Crippen LogP contribution in [-0.4, -0.2) is 20.6 Å². The van der Waals surface area contributed by atoms with Gasteiger partial charge in [-0.25, -0.2) is 0 Å². The predicted molar refractivity (Wildman–Crippen MR) is 87.9 cm³/mol. The van der Waals surface area contributed by atoms with E-state index in [-0.39, 0.29) is 17.3 Å². The van der Waals surface area contributed by atoms with Gasteiger partial charge in [0.1, 0.15) is 17.4 Å². The Morgan fingerprint density at radius 1 is 1.39 bits per heavy atom. The lowest BCUT2D eigenvalue weighted by atomic mass is 10.2. The molecule has 0 radical (unpaired) electrons. The largest absolute Gasteiger partial charge is 0.324 e. The van der Waals surface area contributed by atoms with Crippen LogP contribution in [0.5, 0.6) is 0 Å². The second-order valence-electron chi connectivity index (χ2n) is 5.35. The third-order valence-electron chi connectivity index (χ3n) is 3.67. The summed E-state index contributed by atoms with van der Waals surface area (Å²) in [6.07, 6.45) is 0. The summed E-state index contributed by atoms with van der Waals surface area (Å²) in [4.78, 5) is 23.0. The van der Waals surface area contributed by atoms with E-state index >= 15 is 0 Å². The molecule has 2 rings (SSSR count). The highest BCUT2D eigenvalue weighted by Gasteiger charge is 2.27. The van der Waals surface area contributed by atoms with Crippen LogP contribution < -0.4 is 5.32 Å². The van der Waals surface area contributed by atoms with E-state index < -0.39 is 11.0 Å². The third kappa shape index (κ3) is 3.34. The maximum absolute atomic E-state index is 12.4. The van der Waals surface area contributed by atoms with Crippen molar-refractivity contribution in [2.45, 2.75) is 33.7 Å². The number of carbonyl (C=O) groups is 1. The minimum Gasteiger partial charge on any atom is -0.324 e. The lowest BCUT2D eigenvalue weighted by Crippen LogP contribution is -2.25. The number of amides is 1. The SMILES string of the molecule is Cc1ccc(Cl)cc1NC(=O)C(C)n1nc(C)c([N+](=O)[O-])c1C. The molecule has 1 aromatic carbocycles. The number of hydrogen-bond acceptors (Lipinski definition) is 4. The lowest BCUT2D eigenvalue weighted by Gasteiger charge is -2.15. The smallest absolute Gasteiger partial charge is 0.312 e. The zero-order valence-electron chi connectivity index (χ0n) is 13.3. The topological polar surface area (TPSA) is 90.1 Å². The summed E-state index contributed by atoms with van der Waals surface area (Å²) in [5.41, 5.74) is 2.03. The molecule has 0 bridgehead atoms. The van der Waals surface area contributed by atoms with Gasteiger partial charge in [0.2, 0.25) is 5.91 Å². The van der Waals surface area contributed by atoms with Crippen molar-refractivity contribution >= 4 is 28.9 Å². The summed E-state index contributed by atoms with van der Waals surface area (Å²) < 4.78 is 1.36. The summed E-state index contributed by atoms with van der Waals surface area (Å²) in [7, 11) is 0. The first kappa shape index (κ1) is 17.0. The Balaban J connectivity index is 2.28. The number of aryl methyl sites for hydroxylation is 2. The molecular weight excluding hydrogens is 320 g/mol. The maximum Gasteiger partial charge on any atom is 0.312 e. The molecule has 23 heavy (non-hydrogen) atoms. The number of nitrogens with one attached hydrogen (secondary N) is 1. The second-order valence-corrected chi connectivity index (χ2v) is 5.78. The summed E-state index contributed by atoms with van der Waals surface area (Å²) in [6.45, 7) is 6.61. The van der Waals surface area contributed by atoms with E-state index in [2.05, 4.69) is 10.4 Å². The van der Waals surface area contributed by atoms with Crippen LogP contribution in [0.4, 0.5) is 11.4 Å². The van der Waals surface area contributed by atoms with E-state index in [1.807, 2.05) is 6.92 Å². The normalized spacial score (nSPS) is 12.0. The predicted octanol–water partition coefficient (Wildman–Crippen LogP) is 3.57. The number of anilines is 1. The quantitative estimate of drug-likeness (QED) is 0.682. The molecular formula is C15H17ClN4O3. The minimum atomic E-state index is -0.694. The van der Waals surface area contributed by atoms with Crippen molar-refractivity contribution in [2.24, 2.45) is 0 Å². The van der Waals surface area contributed by atoms with Crippen molar-refractivity contribution in [2.75, 3.05) is 5.32 Å². The number of rotatable bonds is 4. The Morgan fingerprint density at radius 3 is 2.61 bits per heavy atom. The van der Waals surface area contributed by atoms with Crippen molar-refractivity contribution in [3.05, 3.63) is 50.3 Å². The molecule has 1 aromatic heterocycles. The number of aromatic nitrogens is 2. The second kappa shape index (κ2) is 6.37. The number of nitro groups is 1. The highest BCUT2D eigenvalue weighted by molar-refractivity contribution is 6.31. The fourth-order valence-electron chi connectivity index (χ4n) is 2.37. The molecule has 0 saturated carbocycles. The van der Waals surface area contributed by atoms with Crippen LogP contribution in [0.25, 0.3) is 0 Å². The molecule has 0 spiro atoms. The van der Waals surface area contributed by atoms with Crippen molar-refractivity contribution in [3.8, 4) is 0 Å². The van der Waals surface area contributed by atoms with Gasteiger partial charge in [0.05, 0.1) is 4.92 Å². The molecule has 1 N–H and O–H groups in total. The van der Waals surface area contributed by atoms with Gasteiger partial charge in [-0.05, 0) is 45.4 Å². The molecule has 8 heteroatoms. The van der Waals surface area contributed by atoms with Crippen LogP contribution in [0.1, 0.15) is 29.9 Å². The summed E-state index contributed by atoms with van der Waals surface area (Å²) >= 11 is 5.94. The molecule has 0 saturated heterocycles. The van der Waals surface area contributed by atoms with Crippen molar-refractivity contribution in [1.29, 1.82) is 0 Å². The number of carbonyl (C=O) groups excluding carboxylic acids is 1. The van der Waals surface area contributed by atoms with Gasteiger partial charge in [-0.3, -0.25) is 19.6 Å². The molecule has 0 fully saturated rings. The zero-order valence-corrected chi connectivity index (χ0v) is 14.0. The molecule has 7 nitrogen and oxygen atoms in total. The van der Waals surface area contributed by atoms with Crippen molar-refractivity contribution in [1.82, 2.24) is 9.78 Å². The van der Waals surface area contributed by atoms with E-state index in [1.165, 1.54) is 4.68 Å². The molecule has 122 valence electrons. The molecule has 1 unspecified atom stereocenters. The van der Waals surface area contributed by atoms with Gasteiger partial charge in [0.25, 0.3) is 0 Å². The summed E-state index contributed by atoms with van der Waals surface area (Å²) in [6, 6.07) is 4.50.